The predicted molar refractivity (Wildman–Crippen MR) is 102 cm³/mol. The number of carbonyl (C=O) groups is 2. The molecule has 0 spiro atoms. The van der Waals surface area contributed by atoms with E-state index in [1.165, 1.54) is 0 Å². The van der Waals surface area contributed by atoms with Crippen LogP contribution in [0, 0.1) is 17.8 Å². The number of rotatable bonds is 8. The largest absolute Gasteiger partial charge is 0.389 e. The molecule has 0 unspecified atom stereocenters. The van der Waals surface area contributed by atoms with Gasteiger partial charge in [-0.1, -0.05) is 49.1 Å². The summed E-state index contributed by atoms with van der Waals surface area (Å²) in [6.45, 7) is 2.48. The second-order valence-electron chi connectivity index (χ2n) is 5.95. The zero-order chi connectivity index (χ0) is 18.8. The minimum atomic E-state index is -0.544. The Morgan fingerprint density at radius 2 is 1.62 bits per heavy atom. The molecule has 2 N–H and O–H groups in total. The number of benzene rings is 2. The van der Waals surface area contributed by atoms with Crippen molar-refractivity contribution in [1.82, 2.24) is 5.32 Å². The fourth-order valence-electron chi connectivity index (χ4n) is 2.49. The smallest absolute Gasteiger partial charge is 0.163 e. The van der Waals surface area contributed by atoms with Gasteiger partial charge in [-0.15, -0.1) is 0 Å². The minimum Gasteiger partial charge on any atom is -0.389 e. The molecular weight excluding hydrogens is 326 g/mol. The number of aliphatic hydroxyl groups is 1. The molecule has 2 rings (SSSR count). The summed E-state index contributed by atoms with van der Waals surface area (Å²) >= 11 is 0. The molecule has 4 nitrogen and oxygen atoms in total. The van der Waals surface area contributed by atoms with Crippen LogP contribution >= 0.6 is 0 Å². The highest BCUT2D eigenvalue weighted by Gasteiger charge is 2.21. The molecule has 2 aromatic rings. The van der Waals surface area contributed by atoms with E-state index in [9.17, 15) is 9.59 Å². The van der Waals surface area contributed by atoms with Gasteiger partial charge in [-0.05, 0) is 30.8 Å². The maximum absolute atomic E-state index is 12.4. The van der Waals surface area contributed by atoms with Gasteiger partial charge in [-0.2, -0.15) is 0 Å². The molecule has 0 bridgehead atoms. The standard InChI is InChI=1S/C22H23NO3/c1-2-23-15-20(22(26)16-24)14-21(25)19-12-10-18(11-13-19)9-8-17-6-4-3-5-7-17/h3-7,10-13,20,23-24H,2,14-16H2,1H3/t20-/m0/s1. The van der Waals surface area contributed by atoms with Gasteiger partial charge in [-0.25, -0.2) is 0 Å². The number of Topliss-reactive ketones (excluding diaryl/α,β-unsaturated/α-hetero) is 2. The summed E-state index contributed by atoms with van der Waals surface area (Å²) in [7, 11) is 0. The van der Waals surface area contributed by atoms with Gasteiger partial charge in [0.1, 0.15) is 6.61 Å². The Morgan fingerprint density at radius 3 is 2.19 bits per heavy atom. The number of nitrogens with one attached hydrogen (secondary N) is 1. The SMILES string of the molecule is CCNC[C@H](CC(=O)c1ccc(C#Cc2ccccc2)cc1)C(=O)CO. The van der Waals surface area contributed by atoms with Gasteiger partial charge in [0.05, 0.1) is 0 Å². The second-order valence-corrected chi connectivity index (χ2v) is 5.95. The molecule has 0 amide bonds. The van der Waals surface area contributed by atoms with Crippen LogP contribution in [0.15, 0.2) is 54.6 Å². The monoisotopic (exact) mass is 349 g/mol. The van der Waals surface area contributed by atoms with Crippen molar-refractivity contribution < 1.29 is 14.7 Å². The van der Waals surface area contributed by atoms with Crippen LogP contribution in [0.1, 0.15) is 34.8 Å². The number of hydrogen-bond donors (Lipinski definition) is 2. The lowest BCUT2D eigenvalue weighted by atomic mass is 9.94. The van der Waals surface area contributed by atoms with Crippen LogP contribution in [0.3, 0.4) is 0 Å². The first-order valence-electron chi connectivity index (χ1n) is 8.68. The summed E-state index contributed by atoms with van der Waals surface area (Å²) in [4.78, 5) is 24.2. The summed E-state index contributed by atoms with van der Waals surface area (Å²) in [5.41, 5.74) is 2.30. The third-order valence-corrected chi connectivity index (χ3v) is 4.02. The third kappa shape index (κ3) is 5.96. The van der Waals surface area contributed by atoms with E-state index in [-0.39, 0.29) is 18.0 Å². The molecule has 4 heteroatoms. The Hall–Kier alpha value is -2.74. The van der Waals surface area contributed by atoms with Crippen molar-refractivity contribution in [2.75, 3.05) is 19.7 Å². The van der Waals surface area contributed by atoms with Crippen LogP contribution in [0.4, 0.5) is 0 Å². The summed E-state index contributed by atoms with van der Waals surface area (Å²) in [6.07, 6.45) is 0.0848. The van der Waals surface area contributed by atoms with E-state index in [0.717, 1.165) is 11.1 Å². The van der Waals surface area contributed by atoms with Gasteiger partial charge in [0.25, 0.3) is 0 Å². The van der Waals surface area contributed by atoms with Crippen LogP contribution < -0.4 is 5.32 Å². The number of aliphatic hydroxyl groups excluding tert-OH is 1. The Labute approximate surface area is 154 Å². The highest BCUT2D eigenvalue weighted by atomic mass is 16.3. The van der Waals surface area contributed by atoms with Gasteiger partial charge in [-0.3, -0.25) is 9.59 Å². The van der Waals surface area contributed by atoms with E-state index < -0.39 is 12.5 Å². The molecule has 26 heavy (non-hydrogen) atoms. The molecule has 134 valence electrons. The fraction of sp³-hybridized carbons (Fsp3) is 0.273. The molecule has 0 aromatic heterocycles. The minimum absolute atomic E-state index is 0.0848. The van der Waals surface area contributed by atoms with Crippen LogP contribution in [-0.4, -0.2) is 36.4 Å². The summed E-state index contributed by atoms with van der Waals surface area (Å²) in [5, 5.41) is 12.1. The van der Waals surface area contributed by atoms with Crippen molar-refractivity contribution in [2.24, 2.45) is 5.92 Å². The third-order valence-electron chi connectivity index (χ3n) is 4.02. The topological polar surface area (TPSA) is 66.4 Å². The van der Waals surface area contributed by atoms with Crippen molar-refractivity contribution in [3.63, 3.8) is 0 Å². The molecule has 2 aromatic carbocycles. The maximum atomic E-state index is 12.4. The lowest BCUT2D eigenvalue weighted by Gasteiger charge is -2.14. The summed E-state index contributed by atoms with van der Waals surface area (Å²) < 4.78 is 0. The molecule has 0 saturated heterocycles. The molecule has 0 heterocycles. The normalized spacial score (nSPS) is 11.3. The average Bonchev–Trinajstić information content (AvgIpc) is 2.70. The van der Waals surface area contributed by atoms with E-state index in [2.05, 4.69) is 17.2 Å². The molecule has 1 atom stereocenters. The van der Waals surface area contributed by atoms with Crippen molar-refractivity contribution in [3.05, 3.63) is 71.3 Å². The zero-order valence-electron chi connectivity index (χ0n) is 14.9. The van der Waals surface area contributed by atoms with Crippen LogP contribution in [0.5, 0.6) is 0 Å². The highest BCUT2D eigenvalue weighted by molar-refractivity contribution is 5.99. The number of hydrogen-bond acceptors (Lipinski definition) is 4. The Kier molecular flexibility index (Phi) is 7.75. The first-order chi connectivity index (χ1) is 12.6. The molecule has 0 aliphatic carbocycles. The Bertz CT molecular complexity index is 786. The second kappa shape index (κ2) is 10.3. The quantitative estimate of drug-likeness (QED) is 0.567. The zero-order valence-corrected chi connectivity index (χ0v) is 14.9. The van der Waals surface area contributed by atoms with Crippen LogP contribution in [0.2, 0.25) is 0 Å². The van der Waals surface area contributed by atoms with Gasteiger partial charge in [0.15, 0.2) is 11.6 Å². The highest BCUT2D eigenvalue weighted by Crippen LogP contribution is 2.12. The van der Waals surface area contributed by atoms with Gasteiger partial charge >= 0.3 is 0 Å². The molecule has 0 radical (unpaired) electrons. The fourth-order valence-corrected chi connectivity index (χ4v) is 2.49. The first kappa shape index (κ1) is 19.6. The van der Waals surface area contributed by atoms with Crippen molar-refractivity contribution in [1.29, 1.82) is 0 Å². The van der Waals surface area contributed by atoms with Crippen LogP contribution in [0.25, 0.3) is 0 Å². The molecule has 0 aliphatic rings. The van der Waals surface area contributed by atoms with Gasteiger partial charge < -0.3 is 10.4 Å². The number of ketones is 2. The molecule has 0 saturated carbocycles. The maximum Gasteiger partial charge on any atom is 0.163 e. The van der Waals surface area contributed by atoms with Crippen LogP contribution in [-0.2, 0) is 4.79 Å². The molecule has 0 fully saturated rings. The molecule has 0 aliphatic heterocycles. The average molecular weight is 349 g/mol. The Morgan fingerprint density at radius 1 is 1.00 bits per heavy atom. The van der Waals surface area contributed by atoms with Gasteiger partial charge in [0, 0.05) is 35.6 Å². The first-order valence-corrected chi connectivity index (χ1v) is 8.68. The van der Waals surface area contributed by atoms with E-state index in [1.807, 2.05) is 37.3 Å². The van der Waals surface area contributed by atoms with Gasteiger partial charge in [0.2, 0.25) is 0 Å². The number of carbonyl (C=O) groups excluding carboxylic acids is 2. The van der Waals surface area contributed by atoms with E-state index in [4.69, 9.17) is 5.11 Å². The lowest BCUT2D eigenvalue weighted by Crippen LogP contribution is -2.32. The summed E-state index contributed by atoms with van der Waals surface area (Å²) in [6, 6.07) is 16.7. The predicted octanol–water partition coefficient (Wildman–Crippen LogP) is 2.45. The van der Waals surface area contributed by atoms with E-state index >= 15 is 0 Å². The van der Waals surface area contributed by atoms with Crippen molar-refractivity contribution >= 4 is 11.6 Å². The van der Waals surface area contributed by atoms with Crippen molar-refractivity contribution in [3.8, 4) is 11.8 Å². The lowest BCUT2D eigenvalue weighted by molar-refractivity contribution is -0.125. The van der Waals surface area contributed by atoms with Crippen molar-refractivity contribution in [2.45, 2.75) is 13.3 Å². The summed E-state index contributed by atoms with van der Waals surface area (Å²) in [5.74, 6) is 5.20. The Balaban J connectivity index is 2.03. The van der Waals surface area contributed by atoms with E-state index in [0.29, 0.717) is 18.7 Å². The molecular formula is C22H23NO3. The van der Waals surface area contributed by atoms with E-state index in [1.54, 1.807) is 24.3 Å².